The lowest BCUT2D eigenvalue weighted by molar-refractivity contribution is 0.00191. The van der Waals surface area contributed by atoms with E-state index in [2.05, 4.69) is 23.8 Å². The minimum Gasteiger partial charge on any atom is -0.493 e. The van der Waals surface area contributed by atoms with Crippen LogP contribution < -0.4 is 9.47 Å². The topological polar surface area (TPSA) is 57.2 Å². The Morgan fingerprint density at radius 2 is 1.64 bits per heavy atom. The number of aliphatic hydroxyl groups excluding tert-OH is 1. The van der Waals surface area contributed by atoms with Crippen molar-refractivity contribution in [3.05, 3.63) is 59.1 Å². The lowest BCUT2D eigenvalue weighted by Crippen LogP contribution is -2.35. The Labute approximate surface area is 180 Å². The van der Waals surface area contributed by atoms with Crippen molar-refractivity contribution in [3.8, 4) is 11.5 Å². The first-order valence-electron chi connectivity index (χ1n) is 8.99. The van der Waals surface area contributed by atoms with Gasteiger partial charge in [-0.1, -0.05) is 41.9 Å². The van der Waals surface area contributed by atoms with E-state index in [0.717, 1.165) is 26.5 Å². The molecule has 5 nitrogen and oxygen atoms in total. The van der Waals surface area contributed by atoms with Crippen LogP contribution in [-0.4, -0.2) is 54.2 Å². The second-order valence-corrected chi connectivity index (χ2v) is 15.4. The van der Waals surface area contributed by atoms with Crippen molar-refractivity contribution >= 4 is 40.9 Å². The Morgan fingerprint density at radius 3 is 2.18 bits per heavy atom. The molecule has 0 aliphatic heterocycles. The lowest BCUT2D eigenvalue weighted by atomic mass is 10.0. The summed E-state index contributed by atoms with van der Waals surface area (Å²) in [7, 11) is 1.68. The molecule has 2 rings (SSSR count). The fourth-order valence-corrected chi connectivity index (χ4v) is 3.14. The molecule has 2 aromatic carbocycles. The quantitative estimate of drug-likeness (QED) is 0.615. The Hall–Kier alpha value is -1.14. The Balaban J connectivity index is 0.00000122. The van der Waals surface area contributed by atoms with Crippen molar-refractivity contribution < 1.29 is 23.1 Å². The molecule has 28 heavy (non-hydrogen) atoms. The Kier molecular flexibility index (Phi) is 11.1. The zero-order valence-electron chi connectivity index (χ0n) is 17.4. The fraction of sp³-hybridized carbons (Fsp3) is 0.368. The van der Waals surface area contributed by atoms with Crippen molar-refractivity contribution in [2.24, 2.45) is 0 Å². The standard InChI is InChI=1S/C19H25ClO4Si.H6OSi2/c1-22-18-12-15(20)10-11-17(18)24-19(14-8-6-5-7-9-14)16(21)13-23-25(2,3)4;2-1-3/h5-12,16,19,21H,13H2,1-4H3;2-3H3/t16-,19+;/m1./s1. The highest BCUT2D eigenvalue weighted by molar-refractivity contribution is 6.69. The number of aliphatic hydroxyl groups is 1. The maximum atomic E-state index is 10.7. The van der Waals surface area contributed by atoms with E-state index in [4.69, 9.17) is 25.5 Å². The van der Waals surface area contributed by atoms with Crippen LogP contribution >= 0.6 is 11.6 Å². The first kappa shape index (κ1) is 24.9. The van der Waals surface area contributed by atoms with Gasteiger partial charge in [0.25, 0.3) is 0 Å². The molecule has 2 aromatic rings. The summed E-state index contributed by atoms with van der Waals surface area (Å²) < 4.78 is 21.8. The molecule has 2 atom stereocenters. The maximum Gasteiger partial charge on any atom is 0.183 e. The number of hydrogen-bond donors (Lipinski definition) is 1. The average molecular weight is 459 g/mol. The lowest BCUT2D eigenvalue weighted by Gasteiger charge is -2.28. The van der Waals surface area contributed by atoms with Gasteiger partial charge in [-0.15, -0.1) is 0 Å². The Bertz CT molecular complexity index is 698. The van der Waals surface area contributed by atoms with Gasteiger partial charge in [-0.3, -0.25) is 0 Å². The van der Waals surface area contributed by atoms with Crippen molar-refractivity contribution in [3.63, 3.8) is 0 Å². The number of methoxy groups -OCH3 is 1. The highest BCUT2D eigenvalue weighted by Gasteiger charge is 2.27. The first-order chi connectivity index (χ1) is 13.2. The molecule has 0 radical (unpaired) electrons. The van der Waals surface area contributed by atoms with Crippen LogP contribution in [0.1, 0.15) is 11.7 Å². The van der Waals surface area contributed by atoms with E-state index >= 15 is 0 Å². The van der Waals surface area contributed by atoms with E-state index in [1.165, 1.54) is 0 Å². The van der Waals surface area contributed by atoms with E-state index in [1.54, 1.807) is 25.3 Å². The summed E-state index contributed by atoms with van der Waals surface area (Å²) in [5, 5.41) is 11.3. The summed E-state index contributed by atoms with van der Waals surface area (Å²) in [6.45, 7) is 6.46. The van der Waals surface area contributed by atoms with Gasteiger partial charge in [0.05, 0.1) is 13.7 Å². The summed E-state index contributed by atoms with van der Waals surface area (Å²) >= 11 is 6.01. The maximum absolute atomic E-state index is 10.7. The van der Waals surface area contributed by atoms with Gasteiger partial charge in [0, 0.05) is 11.1 Å². The fourth-order valence-electron chi connectivity index (χ4n) is 2.31. The van der Waals surface area contributed by atoms with Crippen LogP contribution in [0.5, 0.6) is 11.5 Å². The van der Waals surface area contributed by atoms with E-state index in [9.17, 15) is 5.11 Å². The zero-order valence-corrected chi connectivity index (χ0v) is 23.2. The largest absolute Gasteiger partial charge is 0.493 e. The highest BCUT2D eigenvalue weighted by atomic mass is 35.5. The van der Waals surface area contributed by atoms with Crippen molar-refractivity contribution in [1.29, 1.82) is 0 Å². The predicted octanol–water partition coefficient (Wildman–Crippen LogP) is 2.24. The van der Waals surface area contributed by atoms with Crippen molar-refractivity contribution in [1.82, 2.24) is 0 Å². The van der Waals surface area contributed by atoms with Crippen LogP contribution in [0.15, 0.2) is 48.5 Å². The SMILES string of the molecule is COc1cc(Cl)ccc1O[C@@H](c1ccccc1)[C@H](O)CO[Si](C)(C)C.[SiH3]O[SiH3]. The molecule has 0 aromatic heterocycles. The predicted molar refractivity (Wildman–Crippen MR) is 124 cm³/mol. The molecular formula is C19H31ClO5Si3. The number of hydrogen-bond acceptors (Lipinski definition) is 5. The number of rotatable bonds is 8. The normalized spacial score (nSPS) is 13.4. The van der Waals surface area contributed by atoms with Crippen LogP contribution in [-0.2, 0) is 8.54 Å². The van der Waals surface area contributed by atoms with Crippen LogP contribution in [0.25, 0.3) is 0 Å². The summed E-state index contributed by atoms with van der Waals surface area (Å²) in [5.41, 5.74) is 0.867. The van der Waals surface area contributed by atoms with Crippen LogP contribution in [0, 0.1) is 0 Å². The van der Waals surface area contributed by atoms with Gasteiger partial charge in [0.15, 0.2) is 25.9 Å². The van der Waals surface area contributed by atoms with Gasteiger partial charge in [0.1, 0.15) is 27.1 Å². The molecule has 0 aliphatic carbocycles. The van der Waals surface area contributed by atoms with Gasteiger partial charge < -0.3 is 23.1 Å². The molecule has 0 fully saturated rings. The van der Waals surface area contributed by atoms with Gasteiger partial charge >= 0.3 is 0 Å². The second-order valence-electron chi connectivity index (χ2n) is 7.14. The molecule has 0 saturated heterocycles. The molecule has 9 heteroatoms. The smallest absolute Gasteiger partial charge is 0.183 e. The van der Waals surface area contributed by atoms with Crippen LogP contribution in [0.4, 0.5) is 0 Å². The van der Waals surface area contributed by atoms with Gasteiger partial charge in [-0.25, -0.2) is 0 Å². The molecule has 1 N–H and O–H groups in total. The van der Waals surface area contributed by atoms with Gasteiger partial charge in [-0.2, -0.15) is 0 Å². The summed E-state index contributed by atoms with van der Waals surface area (Å²) in [4.78, 5) is 0. The number of benzene rings is 2. The monoisotopic (exact) mass is 458 g/mol. The summed E-state index contributed by atoms with van der Waals surface area (Å²) in [5.74, 6) is 1.04. The van der Waals surface area contributed by atoms with Crippen LogP contribution in [0.2, 0.25) is 24.7 Å². The molecule has 0 bridgehead atoms. The van der Waals surface area contributed by atoms with E-state index in [0.29, 0.717) is 16.5 Å². The number of halogens is 1. The molecular weight excluding hydrogens is 428 g/mol. The molecule has 0 saturated carbocycles. The molecule has 0 spiro atoms. The van der Waals surface area contributed by atoms with E-state index in [1.807, 2.05) is 30.3 Å². The van der Waals surface area contributed by atoms with Crippen molar-refractivity contribution in [2.45, 2.75) is 31.8 Å². The Morgan fingerprint density at radius 1 is 1.04 bits per heavy atom. The molecule has 0 heterocycles. The molecule has 0 amide bonds. The number of ether oxygens (including phenoxy) is 2. The molecule has 156 valence electrons. The second kappa shape index (κ2) is 12.4. The van der Waals surface area contributed by atoms with Gasteiger partial charge in [0.2, 0.25) is 0 Å². The molecule has 0 unspecified atom stereocenters. The minimum atomic E-state index is -1.74. The van der Waals surface area contributed by atoms with E-state index in [-0.39, 0.29) is 6.61 Å². The summed E-state index contributed by atoms with van der Waals surface area (Å²) in [6, 6.07) is 14.7. The first-order valence-corrected chi connectivity index (χ1v) is 14.4. The molecule has 0 aliphatic rings. The van der Waals surface area contributed by atoms with E-state index < -0.39 is 20.5 Å². The minimum absolute atomic E-state index is 0.213. The third-order valence-electron chi connectivity index (χ3n) is 3.54. The highest BCUT2D eigenvalue weighted by Crippen LogP contribution is 2.34. The zero-order chi connectivity index (χ0) is 21.2. The van der Waals surface area contributed by atoms with Crippen molar-refractivity contribution in [2.75, 3.05) is 13.7 Å². The average Bonchev–Trinajstić information content (AvgIpc) is 2.65. The third-order valence-corrected chi connectivity index (χ3v) is 4.81. The third kappa shape index (κ3) is 8.91. The summed E-state index contributed by atoms with van der Waals surface area (Å²) in [6.07, 6.45) is -1.39. The van der Waals surface area contributed by atoms with Crippen LogP contribution in [0.3, 0.4) is 0 Å². The van der Waals surface area contributed by atoms with Gasteiger partial charge in [-0.05, 0) is 37.3 Å².